The van der Waals surface area contributed by atoms with Gasteiger partial charge in [-0.3, -0.25) is 0 Å². The molecule has 0 heterocycles. The van der Waals surface area contributed by atoms with Crippen LogP contribution in [0, 0.1) is 17.5 Å². The van der Waals surface area contributed by atoms with E-state index in [1.807, 2.05) is 0 Å². The van der Waals surface area contributed by atoms with Crippen LogP contribution in [0.4, 0.5) is 13.2 Å². The van der Waals surface area contributed by atoms with Crippen LogP contribution >= 0.6 is 0 Å². The summed E-state index contributed by atoms with van der Waals surface area (Å²) in [5.41, 5.74) is 0.259. The molecular formula is C14H11F3O2. The second-order valence-electron chi connectivity index (χ2n) is 3.91. The Bertz CT molecular complexity index is 571. The molecule has 0 aromatic heterocycles. The number of benzene rings is 2. The molecule has 2 aromatic rings. The van der Waals surface area contributed by atoms with Gasteiger partial charge >= 0.3 is 0 Å². The van der Waals surface area contributed by atoms with E-state index in [2.05, 4.69) is 0 Å². The zero-order valence-corrected chi connectivity index (χ0v) is 9.87. The standard InChI is InChI=1S/C14H11F3O2/c15-11-6-10(7-18)12(16)13(17)14(11)19-8-9-4-2-1-3-5-9/h1-6,18H,7-8H2. The zero-order chi connectivity index (χ0) is 13.8. The first-order valence-electron chi connectivity index (χ1n) is 5.57. The molecule has 0 aliphatic rings. The summed E-state index contributed by atoms with van der Waals surface area (Å²) in [7, 11) is 0. The van der Waals surface area contributed by atoms with Crippen molar-refractivity contribution in [2.75, 3.05) is 0 Å². The Kier molecular flexibility index (Phi) is 4.06. The summed E-state index contributed by atoms with van der Waals surface area (Å²) in [6.45, 7) is -0.856. The van der Waals surface area contributed by atoms with Crippen LogP contribution in [0.5, 0.6) is 5.75 Å². The van der Waals surface area contributed by atoms with E-state index in [1.165, 1.54) is 0 Å². The van der Waals surface area contributed by atoms with Crippen molar-refractivity contribution < 1.29 is 23.0 Å². The lowest BCUT2D eigenvalue weighted by atomic mass is 10.2. The number of aliphatic hydroxyl groups excluding tert-OH is 1. The maximum Gasteiger partial charge on any atom is 0.204 e. The van der Waals surface area contributed by atoms with E-state index in [0.717, 1.165) is 6.07 Å². The highest BCUT2D eigenvalue weighted by molar-refractivity contribution is 5.33. The lowest BCUT2D eigenvalue weighted by molar-refractivity contribution is 0.254. The van der Waals surface area contributed by atoms with Gasteiger partial charge in [-0.25, -0.2) is 8.78 Å². The van der Waals surface area contributed by atoms with Gasteiger partial charge in [0, 0.05) is 5.56 Å². The number of aliphatic hydroxyl groups is 1. The SMILES string of the molecule is OCc1cc(F)c(OCc2ccccc2)c(F)c1F. The average molecular weight is 268 g/mol. The van der Waals surface area contributed by atoms with E-state index in [0.29, 0.717) is 5.56 Å². The Hall–Kier alpha value is -2.01. The zero-order valence-electron chi connectivity index (χ0n) is 9.87. The molecule has 100 valence electrons. The van der Waals surface area contributed by atoms with Crippen molar-refractivity contribution in [2.24, 2.45) is 0 Å². The lowest BCUT2D eigenvalue weighted by Crippen LogP contribution is -2.04. The minimum absolute atomic E-state index is 0.0768. The molecule has 19 heavy (non-hydrogen) atoms. The van der Waals surface area contributed by atoms with Gasteiger partial charge in [0.05, 0.1) is 6.61 Å². The number of ether oxygens (including phenoxy) is 1. The average Bonchev–Trinajstić information content (AvgIpc) is 2.44. The molecule has 0 aliphatic heterocycles. The van der Waals surface area contributed by atoms with Crippen LogP contribution in [0.15, 0.2) is 36.4 Å². The molecule has 0 bridgehead atoms. The quantitative estimate of drug-likeness (QED) is 0.863. The highest BCUT2D eigenvalue weighted by Crippen LogP contribution is 2.27. The van der Waals surface area contributed by atoms with Gasteiger partial charge in [-0.05, 0) is 11.6 Å². The first-order chi connectivity index (χ1) is 9.13. The molecule has 0 spiro atoms. The molecule has 0 atom stereocenters. The second kappa shape index (κ2) is 5.75. The third kappa shape index (κ3) is 2.88. The molecule has 0 amide bonds. The molecule has 2 aromatic carbocycles. The Morgan fingerprint density at radius 3 is 2.32 bits per heavy atom. The summed E-state index contributed by atoms with van der Waals surface area (Å²) < 4.78 is 45.4. The van der Waals surface area contributed by atoms with Crippen LogP contribution in [-0.2, 0) is 13.2 Å². The summed E-state index contributed by atoms with van der Waals surface area (Å²) in [4.78, 5) is 0. The minimum atomic E-state index is -1.43. The van der Waals surface area contributed by atoms with Crippen molar-refractivity contribution in [2.45, 2.75) is 13.2 Å². The van der Waals surface area contributed by atoms with Crippen LogP contribution in [0.2, 0.25) is 0 Å². The van der Waals surface area contributed by atoms with Gasteiger partial charge in [-0.2, -0.15) is 4.39 Å². The number of hydrogen-bond acceptors (Lipinski definition) is 2. The van der Waals surface area contributed by atoms with Crippen molar-refractivity contribution in [3.05, 3.63) is 65.0 Å². The van der Waals surface area contributed by atoms with Crippen LogP contribution in [0.3, 0.4) is 0 Å². The summed E-state index contributed by atoms with van der Waals surface area (Å²) >= 11 is 0. The summed E-state index contributed by atoms with van der Waals surface area (Å²) in [5.74, 6) is -4.55. The van der Waals surface area contributed by atoms with Gasteiger partial charge in [0.15, 0.2) is 17.4 Å². The van der Waals surface area contributed by atoms with E-state index in [1.54, 1.807) is 30.3 Å². The van der Waals surface area contributed by atoms with Gasteiger partial charge in [-0.15, -0.1) is 0 Å². The minimum Gasteiger partial charge on any atom is -0.483 e. The predicted octanol–water partition coefficient (Wildman–Crippen LogP) is 3.18. The fraction of sp³-hybridized carbons (Fsp3) is 0.143. The van der Waals surface area contributed by atoms with Crippen LogP contribution < -0.4 is 4.74 Å². The first kappa shape index (κ1) is 13.4. The molecule has 2 nitrogen and oxygen atoms in total. The Labute approximate surface area is 108 Å². The molecule has 0 saturated carbocycles. The molecule has 2 rings (SSSR count). The maximum absolute atomic E-state index is 13.6. The van der Waals surface area contributed by atoms with E-state index < -0.39 is 35.4 Å². The van der Waals surface area contributed by atoms with Gasteiger partial charge in [0.1, 0.15) is 6.61 Å². The van der Waals surface area contributed by atoms with E-state index in [9.17, 15) is 13.2 Å². The molecule has 1 N–H and O–H groups in total. The smallest absolute Gasteiger partial charge is 0.204 e. The highest BCUT2D eigenvalue weighted by atomic mass is 19.2. The van der Waals surface area contributed by atoms with Gasteiger partial charge < -0.3 is 9.84 Å². The molecule has 0 radical (unpaired) electrons. The third-order valence-electron chi connectivity index (χ3n) is 2.59. The van der Waals surface area contributed by atoms with Crippen molar-refractivity contribution in [3.63, 3.8) is 0 Å². The second-order valence-corrected chi connectivity index (χ2v) is 3.91. The summed E-state index contributed by atoms with van der Waals surface area (Å²) in [6.07, 6.45) is 0. The Morgan fingerprint density at radius 1 is 1.00 bits per heavy atom. The highest BCUT2D eigenvalue weighted by Gasteiger charge is 2.19. The molecule has 0 saturated heterocycles. The van der Waals surface area contributed by atoms with Crippen LogP contribution in [0.25, 0.3) is 0 Å². The van der Waals surface area contributed by atoms with Crippen LogP contribution in [0.1, 0.15) is 11.1 Å². The summed E-state index contributed by atoms with van der Waals surface area (Å²) in [6, 6.07) is 9.45. The fourth-order valence-electron chi connectivity index (χ4n) is 1.60. The van der Waals surface area contributed by atoms with E-state index >= 15 is 0 Å². The van der Waals surface area contributed by atoms with E-state index in [-0.39, 0.29) is 6.61 Å². The fourth-order valence-corrected chi connectivity index (χ4v) is 1.60. The molecule has 0 aliphatic carbocycles. The van der Waals surface area contributed by atoms with Gasteiger partial charge in [-0.1, -0.05) is 30.3 Å². The molecule has 0 unspecified atom stereocenters. The van der Waals surface area contributed by atoms with Gasteiger partial charge in [0.25, 0.3) is 0 Å². The molecular weight excluding hydrogens is 257 g/mol. The maximum atomic E-state index is 13.6. The Balaban J connectivity index is 2.24. The predicted molar refractivity (Wildman–Crippen MR) is 63.0 cm³/mol. The number of hydrogen-bond donors (Lipinski definition) is 1. The van der Waals surface area contributed by atoms with E-state index in [4.69, 9.17) is 9.84 Å². The summed E-state index contributed by atoms with van der Waals surface area (Å²) in [5, 5.41) is 8.75. The molecule has 0 fully saturated rings. The first-order valence-corrected chi connectivity index (χ1v) is 5.57. The van der Waals surface area contributed by atoms with Crippen molar-refractivity contribution in [1.82, 2.24) is 0 Å². The molecule has 5 heteroatoms. The number of halogens is 3. The largest absolute Gasteiger partial charge is 0.483 e. The third-order valence-corrected chi connectivity index (χ3v) is 2.59. The number of rotatable bonds is 4. The monoisotopic (exact) mass is 268 g/mol. The van der Waals surface area contributed by atoms with Crippen molar-refractivity contribution in [3.8, 4) is 5.75 Å². The van der Waals surface area contributed by atoms with Crippen molar-refractivity contribution >= 4 is 0 Å². The topological polar surface area (TPSA) is 29.5 Å². The van der Waals surface area contributed by atoms with Crippen LogP contribution in [-0.4, -0.2) is 5.11 Å². The Morgan fingerprint density at radius 2 is 1.68 bits per heavy atom. The lowest BCUT2D eigenvalue weighted by Gasteiger charge is -2.10. The van der Waals surface area contributed by atoms with Gasteiger partial charge in [0.2, 0.25) is 5.82 Å². The van der Waals surface area contributed by atoms with Crippen molar-refractivity contribution in [1.29, 1.82) is 0 Å². The normalized spacial score (nSPS) is 10.5.